The van der Waals surface area contributed by atoms with E-state index in [-0.39, 0.29) is 5.75 Å². The minimum absolute atomic E-state index is 0.113. The summed E-state index contributed by atoms with van der Waals surface area (Å²) in [4.78, 5) is 2.47. The van der Waals surface area contributed by atoms with Crippen LogP contribution in [0, 0.1) is 11.7 Å². The number of nitrogens with one attached hydrogen (secondary N) is 1. The molecule has 3 saturated heterocycles. The van der Waals surface area contributed by atoms with Gasteiger partial charge in [0.2, 0.25) is 11.3 Å². The van der Waals surface area contributed by atoms with Crippen LogP contribution < -0.4 is 10.1 Å². The first-order chi connectivity index (χ1) is 10.3. The molecule has 0 unspecified atom stereocenters. The van der Waals surface area contributed by atoms with Gasteiger partial charge >= 0.3 is 0 Å². The number of fused-ring (bicyclic) bond motifs is 4. The van der Waals surface area contributed by atoms with E-state index in [1.807, 2.05) is 0 Å². The molecule has 2 aromatic rings. The molecule has 3 aliphatic rings. The highest BCUT2D eigenvalue weighted by molar-refractivity contribution is 5.92. The maximum Gasteiger partial charge on any atom is 0.213 e. The van der Waals surface area contributed by atoms with Gasteiger partial charge in [-0.1, -0.05) is 5.16 Å². The summed E-state index contributed by atoms with van der Waals surface area (Å²) in [5, 5.41) is 8.32. The Labute approximate surface area is 122 Å². The fraction of sp³-hybridized carbons (Fsp3) is 0.533. The number of piperidine rings is 3. The predicted molar refractivity (Wildman–Crippen MR) is 77.1 cm³/mol. The van der Waals surface area contributed by atoms with E-state index < -0.39 is 5.82 Å². The Balaban J connectivity index is 1.65. The van der Waals surface area contributed by atoms with E-state index in [0.717, 1.165) is 11.9 Å². The Morgan fingerprint density at radius 3 is 2.86 bits per heavy atom. The summed E-state index contributed by atoms with van der Waals surface area (Å²) in [6, 6.07) is 3.46. The van der Waals surface area contributed by atoms with Gasteiger partial charge < -0.3 is 19.5 Å². The minimum atomic E-state index is -0.435. The maximum absolute atomic E-state index is 13.7. The lowest BCUT2D eigenvalue weighted by Gasteiger charge is -2.44. The molecule has 3 fully saturated rings. The summed E-state index contributed by atoms with van der Waals surface area (Å²) in [6.07, 6.45) is 2.46. The molecular formula is C15H18FN3O2. The minimum Gasteiger partial charge on any atom is -0.490 e. The van der Waals surface area contributed by atoms with E-state index in [1.54, 1.807) is 6.07 Å². The average Bonchev–Trinajstić information content (AvgIpc) is 2.91. The van der Waals surface area contributed by atoms with Crippen molar-refractivity contribution in [2.24, 2.45) is 5.92 Å². The first-order valence-electron chi connectivity index (χ1n) is 7.37. The van der Waals surface area contributed by atoms with Crippen LogP contribution in [0.2, 0.25) is 0 Å². The van der Waals surface area contributed by atoms with Gasteiger partial charge in [-0.25, -0.2) is 4.39 Å². The molecule has 0 radical (unpaired) electrons. The first-order valence-corrected chi connectivity index (χ1v) is 7.37. The summed E-state index contributed by atoms with van der Waals surface area (Å²) in [6.45, 7) is 3.43. The second-order valence-corrected chi connectivity index (χ2v) is 5.88. The predicted octanol–water partition coefficient (Wildman–Crippen LogP) is 2.48. The maximum atomic E-state index is 13.7. The van der Waals surface area contributed by atoms with Crippen molar-refractivity contribution in [1.82, 2.24) is 10.1 Å². The molecule has 112 valence electrons. The van der Waals surface area contributed by atoms with Gasteiger partial charge in [0.05, 0.1) is 12.5 Å². The van der Waals surface area contributed by atoms with Gasteiger partial charge in [-0.3, -0.25) is 0 Å². The van der Waals surface area contributed by atoms with E-state index in [4.69, 9.17) is 9.26 Å². The molecule has 0 spiro atoms. The number of nitrogens with zero attached hydrogens (tertiary/aromatic N) is 2. The van der Waals surface area contributed by atoms with Crippen LogP contribution in [-0.2, 0) is 0 Å². The molecule has 3 aliphatic heterocycles. The molecule has 1 aromatic heterocycles. The van der Waals surface area contributed by atoms with Crippen LogP contribution in [0.15, 0.2) is 16.7 Å². The van der Waals surface area contributed by atoms with Crippen LogP contribution in [0.25, 0.3) is 11.0 Å². The molecule has 4 heterocycles. The van der Waals surface area contributed by atoms with Crippen molar-refractivity contribution in [2.45, 2.75) is 18.9 Å². The Morgan fingerprint density at radius 1 is 1.38 bits per heavy atom. The fourth-order valence-corrected chi connectivity index (χ4v) is 3.55. The molecule has 5 nitrogen and oxygen atoms in total. The number of anilines is 1. The van der Waals surface area contributed by atoms with E-state index >= 15 is 0 Å². The number of aromatic nitrogens is 1. The Bertz CT molecular complexity index is 664. The van der Waals surface area contributed by atoms with Gasteiger partial charge in [0, 0.05) is 12.6 Å². The van der Waals surface area contributed by atoms with Crippen molar-refractivity contribution in [3.05, 3.63) is 17.9 Å². The van der Waals surface area contributed by atoms with Crippen LogP contribution in [0.3, 0.4) is 0 Å². The van der Waals surface area contributed by atoms with Crippen LogP contribution >= 0.6 is 0 Å². The third-order valence-corrected chi connectivity index (χ3v) is 4.73. The highest BCUT2D eigenvalue weighted by Gasteiger charge is 2.34. The fourth-order valence-electron chi connectivity index (χ4n) is 3.55. The summed E-state index contributed by atoms with van der Waals surface area (Å²) in [5.74, 6) is 1.05. The normalized spacial score (nSPS) is 28.0. The molecule has 5 rings (SSSR count). The van der Waals surface area contributed by atoms with E-state index in [9.17, 15) is 4.39 Å². The lowest BCUT2D eigenvalue weighted by Crippen LogP contribution is -2.53. The van der Waals surface area contributed by atoms with Crippen LogP contribution in [0.4, 0.5) is 10.2 Å². The SMILES string of the molecule is COc1c(F)ccc2c(N[C@H]3CN4CCC3CC4)noc12. The Hall–Kier alpha value is -1.82. The molecule has 0 aliphatic carbocycles. The topological polar surface area (TPSA) is 50.5 Å². The molecule has 2 bridgehead atoms. The van der Waals surface area contributed by atoms with Gasteiger partial charge in [0.25, 0.3) is 0 Å². The molecular weight excluding hydrogens is 273 g/mol. The molecule has 21 heavy (non-hydrogen) atoms. The van der Waals surface area contributed by atoms with Crippen molar-refractivity contribution in [2.75, 3.05) is 32.1 Å². The molecule has 1 aromatic carbocycles. The number of hydrogen-bond donors (Lipinski definition) is 1. The number of rotatable bonds is 3. The van der Waals surface area contributed by atoms with Gasteiger partial charge in [-0.15, -0.1) is 0 Å². The van der Waals surface area contributed by atoms with E-state index in [0.29, 0.717) is 23.4 Å². The molecule has 1 atom stereocenters. The monoisotopic (exact) mass is 291 g/mol. The summed E-state index contributed by atoms with van der Waals surface area (Å²) in [7, 11) is 1.43. The zero-order valence-corrected chi connectivity index (χ0v) is 11.9. The van der Waals surface area contributed by atoms with Crippen molar-refractivity contribution in [1.29, 1.82) is 0 Å². The lowest BCUT2D eigenvalue weighted by atomic mass is 9.84. The van der Waals surface area contributed by atoms with Crippen LogP contribution in [-0.4, -0.2) is 42.8 Å². The van der Waals surface area contributed by atoms with E-state index in [2.05, 4.69) is 15.4 Å². The average molecular weight is 291 g/mol. The quantitative estimate of drug-likeness (QED) is 0.941. The number of benzene rings is 1. The van der Waals surface area contributed by atoms with Gasteiger partial charge in [0.1, 0.15) is 0 Å². The summed E-state index contributed by atoms with van der Waals surface area (Å²) >= 11 is 0. The number of methoxy groups -OCH3 is 1. The van der Waals surface area contributed by atoms with Crippen LogP contribution in [0.1, 0.15) is 12.8 Å². The zero-order chi connectivity index (χ0) is 14.4. The number of halogens is 1. The lowest BCUT2D eigenvalue weighted by molar-refractivity contribution is 0.0973. The Kier molecular flexibility index (Phi) is 2.99. The number of ether oxygens (including phenoxy) is 1. The highest BCUT2D eigenvalue weighted by atomic mass is 19.1. The van der Waals surface area contributed by atoms with Crippen molar-refractivity contribution in [3.63, 3.8) is 0 Å². The van der Waals surface area contributed by atoms with E-state index in [1.165, 1.54) is 39.1 Å². The highest BCUT2D eigenvalue weighted by Crippen LogP contribution is 2.35. The largest absolute Gasteiger partial charge is 0.490 e. The molecule has 0 saturated carbocycles. The zero-order valence-electron chi connectivity index (χ0n) is 11.9. The first kappa shape index (κ1) is 12.9. The third kappa shape index (κ3) is 2.05. The van der Waals surface area contributed by atoms with Crippen LogP contribution in [0.5, 0.6) is 5.75 Å². The van der Waals surface area contributed by atoms with Crippen molar-refractivity contribution in [3.8, 4) is 5.75 Å². The van der Waals surface area contributed by atoms with Gasteiger partial charge in [-0.2, -0.15) is 0 Å². The standard InChI is InChI=1S/C15H18FN3O2/c1-20-14-11(16)3-2-10-13(14)21-18-15(10)17-12-8-19-6-4-9(12)5-7-19/h2-3,9,12H,4-8H2,1H3,(H,17,18)/t12-/m0/s1. The third-order valence-electron chi connectivity index (χ3n) is 4.73. The smallest absolute Gasteiger partial charge is 0.213 e. The second-order valence-electron chi connectivity index (χ2n) is 5.88. The molecule has 0 amide bonds. The molecule has 1 N–H and O–H groups in total. The van der Waals surface area contributed by atoms with Gasteiger partial charge in [-0.05, 0) is 44.0 Å². The van der Waals surface area contributed by atoms with Crippen molar-refractivity contribution >= 4 is 16.8 Å². The second kappa shape index (κ2) is 4.87. The number of hydrogen-bond acceptors (Lipinski definition) is 5. The summed E-state index contributed by atoms with van der Waals surface area (Å²) < 4.78 is 24.0. The summed E-state index contributed by atoms with van der Waals surface area (Å²) in [5.41, 5.74) is 0.362. The Morgan fingerprint density at radius 2 is 2.19 bits per heavy atom. The van der Waals surface area contributed by atoms with Gasteiger partial charge in [0.15, 0.2) is 11.6 Å². The van der Waals surface area contributed by atoms with Crippen molar-refractivity contribution < 1.29 is 13.7 Å². The molecule has 6 heteroatoms.